The van der Waals surface area contributed by atoms with Gasteiger partial charge in [0.15, 0.2) is 5.96 Å². The summed E-state index contributed by atoms with van der Waals surface area (Å²) >= 11 is 1.58. The van der Waals surface area contributed by atoms with Gasteiger partial charge in [-0.3, -0.25) is 4.79 Å². The first-order chi connectivity index (χ1) is 11.1. The lowest BCUT2D eigenvalue weighted by atomic mass is 10.2. The molecule has 23 heavy (non-hydrogen) atoms. The number of methoxy groups -OCH3 is 1. The van der Waals surface area contributed by atoms with Gasteiger partial charge in [-0.05, 0) is 30.3 Å². The van der Waals surface area contributed by atoms with E-state index < -0.39 is 0 Å². The van der Waals surface area contributed by atoms with Gasteiger partial charge in [0.2, 0.25) is 5.91 Å². The quantitative estimate of drug-likeness (QED) is 0.557. The van der Waals surface area contributed by atoms with Crippen LogP contribution in [-0.4, -0.2) is 25.6 Å². The summed E-state index contributed by atoms with van der Waals surface area (Å²) < 4.78 is 4.82. The Morgan fingerprint density at radius 2 is 1.91 bits per heavy atom. The van der Waals surface area contributed by atoms with E-state index >= 15 is 0 Å². The number of amides is 1. The predicted molar refractivity (Wildman–Crippen MR) is 93.0 cm³/mol. The summed E-state index contributed by atoms with van der Waals surface area (Å²) in [5, 5.41) is 2.75. The lowest BCUT2D eigenvalue weighted by Crippen LogP contribution is -2.22. The second-order valence-electron chi connectivity index (χ2n) is 4.61. The van der Waals surface area contributed by atoms with Crippen LogP contribution in [0, 0.1) is 0 Å². The molecule has 7 heteroatoms. The monoisotopic (exact) mass is 330 g/mol. The van der Waals surface area contributed by atoms with Gasteiger partial charge in [-0.2, -0.15) is 0 Å². The minimum atomic E-state index is -0.276. The number of rotatable bonds is 6. The van der Waals surface area contributed by atoms with Crippen molar-refractivity contribution < 1.29 is 9.53 Å². The number of nitrogens with two attached hydrogens (primary N) is 2. The van der Waals surface area contributed by atoms with E-state index in [0.29, 0.717) is 11.4 Å². The summed E-state index contributed by atoms with van der Waals surface area (Å²) in [6, 6.07) is 15.4. The van der Waals surface area contributed by atoms with Crippen LogP contribution in [0.25, 0.3) is 0 Å². The second-order valence-corrected chi connectivity index (χ2v) is 5.76. The van der Waals surface area contributed by atoms with Crippen molar-refractivity contribution in [3.8, 4) is 0 Å². The number of benzene rings is 2. The number of carbonyl (C=O) groups excluding carboxylic acids is 1. The van der Waals surface area contributed by atoms with Gasteiger partial charge in [0.1, 0.15) is 6.61 Å². The lowest BCUT2D eigenvalue weighted by Gasteiger charge is -2.10. The molecule has 1 amide bonds. The molecule has 0 fully saturated rings. The molecule has 2 aromatic rings. The summed E-state index contributed by atoms with van der Waals surface area (Å²) in [5.74, 6) is -0.350. The minimum absolute atomic E-state index is 0.0443. The van der Waals surface area contributed by atoms with Gasteiger partial charge >= 0.3 is 0 Å². The van der Waals surface area contributed by atoms with E-state index in [1.807, 2.05) is 42.5 Å². The van der Waals surface area contributed by atoms with Crippen molar-refractivity contribution in [1.29, 1.82) is 0 Å². The molecule has 2 rings (SSSR count). The zero-order valence-electron chi connectivity index (χ0n) is 12.7. The molecule has 6 nitrogen and oxygen atoms in total. The fourth-order valence-corrected chi connectivity index (χ4v) is 2.74. The standard InChI is InChI=1S/C16H18N4O2S/c1-22-10-15(21)19-14-9-12(7-8-13(14)20-16(17)18)23-11-5-3-2-4-6-11/h2-9H,10H2,1H3,(H,19,21)(H4,17,18,20). The van der Waals surface area contributed by atoms with E-state index in [9.17, 15) is 4.79 Å². The molecule has 0 bridgehead atoms. The number of carbonyl (C=O) groups is 1. The first-order valence-electron chi connectivity index (χ1n) is 6.84. The van der Waals surface area contributed by atoms with Gasteiger partial charge in [0.25, 0.3) is 0 Å². The van der Waals surface area contributed by atoms with E-state index in [0.717, 1.165) is 9.79 Å². The Balaban J connectivity index is 2.28. The third kappa shape index (κ3) is 5.32. The molecule has 0 atom stereocenters. The van der Waals surface area contributed by atoms with Crippen LogP contribution in [0.3, 0.4) is 0 Å². The topological polar surface area (TPSA) is 103 Å². The number of ether oxygens (including phenoxy) is 1. The third-order valence-electron chi connectivity index (χ3n) is 2.75. The summed E-state index contributed by atoms with van der Waals surface area (Å²) in [6.07, 6.45) is 0. The first kappa shape index (κ1) is 16.9. The maximum Gasteiger partial charge on any atom is 0.250 e. The molecule has 0 heterocycles. The molecule has 0 aromatic heterocycles. The summed E-state index contributed by atoms with van der Waals surface area (Å²) in [7, 11) is 1.46. The highest BCUT2D eigenvalue weighted by molar-refractivity contribution is 7.99. The zero-order chi connectivity index (χ0) is 16.7. The number of hydrogen-bond acceptors (Lipinski definition) is 4. The molecule has 120 valence electrons. The van der Waals surface area contributed by atoms with Crippen LogP contribution in [0.4, 0.5) is 11.4 Å². The molecule has 0 radical (unpaired) electrons. The zero-order valence-corrected chi connectivity index (χ0v) is 13.5. The van der Waals surface area contributed by atoms with Crippen LogP contribution >= 0.6 is 11.8 Å². The Bertz CT molecular complexity index is 700. The van der Waals surface area contributed by atoms with Crippen molar-refractivity contribution >= 4 is 35.0 Å². The Kier molecular flexibility index (Phi) is 6.02. The Morgan fingerprint density at radius 3 is 2.57 bits per heavy atom. The van der Waals surface area contributed by atoms with Crippen LogP contribution < -0.4 is 16.8 Å². The highest BCUT2D eigenvalue weighted by Gasteiger charge is 2.09. The van der Waals surface area contributed by atoms with Crippen molar-refractivity contribution in [2.45, 2.75) is 9.79 Å². The second kappa shape index (κ2) is 8.21. The number of aliphatic imine (C=N–C) groups is 1. The van der Waals surface area contributed by atoms with Crippen molar-refractivity contribution in [2.75, 3.05) is 19.0 Å². The van der Waals surface area contributed by atoms with Gasteiger partial charge in [-0.1, -0.05) is 30.0 Å². The molecule has 0 aliphatic heterocycles. The van der Waals surface area contributed by atoms with Crippen LogP contribution in [0.15, 0.2) is 63.3 Å². The number of nitrogens with zero attached hydrogens (tertiary/aromatic N) is 1. The molecule has 0 aliphatic carbocycles. The number of anilines is 1. The molecular formula is C16H18N4O2S. The van der Waals surface area contributed by atoms with E-state index in [1.54, 1.807) is 17.8 Å². The van der Waals surface area contributed by atoms with Crippen LogP contribution in [0.5, 0.6) is 0 Å². The lowest BCUT2D eigenvalue weighted by molar-refractivity contribution is -0.119. The van der Waals surface area contributed by atoms with Gasteiger partial charge in [-0.25, -0.2) is 4.99 Å². The van der Waals surface area contributed by atoms with Gasteiger partial charge in [0, 0.05) is 16.9 Å². The Morgan fingerprint density at radius 1 is 1.17 bits per heavy atom. The maximum atomic E-state index is 11.8. The van der Waals surface area contributed by atoms with Crippen LogP contribution in [-0.2, 0) is 9.53 Å². The molecule has 0 unspecified atom stereocenters. The average Bonchev–Trinajstić information content (AvgIpc) is 2.51. The van der Waals surface area contributed by atoms with Crippen molar-refractivity contribution in [2.24, 2.45) is 16.5 Å². The van der Waals surface area contributed by atoms with E-state index in [2.05, 4.69) is 10.3 Å². The molecule has 5 N–H and O–H groups in total. The predicted octanol–water partition coefficient (Wildman–Crippen LogP) is 2.33. The Labute approximate surface area is 138 Å². The molecule has 0 saturated carbocycles. The van der Waals surface area contributed by atoms with E-state index in [1.165, 1.54) is 7.11 Å². The fraction of sp³-hybridized carbons (Fsp3) is 0.125. The van der Waals surface area contributed by atoms with Gasteiger partial charge in [-0.15, -0.1) is 0 Å². The van der Waals surface area contributed by atoms with Gasteiger partial charge < -0.3 is 21.5 Å². The average molecular weight is 330 g/mol. The highest BCUT2D eigenvalue weighted by Crippen LogP contribution is 2.34. The molecular weight excluding hydrogens is 312 g/mol. The molecule has 0 saturated heterocycles. The van der Waals surface area contributed by atoms with E-state index in [4.69, 9.17) is 16.2 Å². The largest absolute Gasteiger partial charge is 0.375 e. The van der Waals surface area contributed by atoms with Crippen molar-refractivity contribution in [3.63, 3.8) is 0 Å². The normalized spacial score (nSPS) is 10.1. The summed E-state index contributed by atoms with van der Waals surface area (Å²) in [5.41, 5.74) is 11.9. The molecule has 2 aromatic carbocycles. The smallest absolute Gasteiger partial charge is 0.250 e. The van der Waals surface area contributed by atoms with E-state index in [-0.39, 0.29) is 18.5 Å². The van der Waals surface area contributed by atoms with Crippen molar-refractivity contribution in [3.05, 3.63) is 48.5 Å². The number of nitrogens with one attached hydrogen (secondary N) is 1. The summed E-state index contributed by atoms with van der Waals surface area (Å²) in [6.45, 7) is -0.0443. The minimum Gasteiger partial charge on any atom is -0.375 e. The SMILES string of the molecule is COCC(=O)Nc1cc(Sc2ccccc2)ccc1N=C(N)N. The van der Waals surface area contributed by atoms with Crippen LogP contribution in [0.2, 0.25) is 0 Å². The number of hydrogen-bond donors (Lipinski definition) is 3. The number of guanidine groups is 1. The molecule has 0 aliphatic rings. The van der Waals surface area contributed by atoms with Gasteiger partial charge in [0.05, 0.1) is 11.4 Å². The first-order valence-corrected chi connectivity index (χ1v) is 7.65. The maximum absolute atomic E-state index is 11.8. The highest BCUT2D eigenvalue weighted by atomic mass is 32.2. The third-order valence-corrected chi connectivity index (χ3v) is 3.74. The molecule has 0 spiro atoms. The van der Waals surface area contributed by atoms with Crippen molar-refractivity contribution in [1.82, 2.24) is 0 Å². The summed E-state index contributed by atoms with van der Waals surface area (Å²) in [4.78, 5) is 17.8. The van der Waals surface area contributed by atoms with Crippen LogP contribution in [0.1, 0.15) is 0 Å². The fourth-order valence-electron chi connectivity index (χ4n) is 1.86. The Hall–Kier alpha value is -2.51.